The van der Waals surface area contributed by atoms with E-state index in [1.54, 1.807) is 36.5 Å². The second-order valence-electron chi connectivity index (χ2n) is 3.73. The van der Waals surface area contributed by atoms with Crippen molar-refractivity contribution in [2.45, 2.75) is 0 Å². The molecular formula is C14H9Cl2N3. The molecule has 0 aromatic heterocycles. The first-order valence-electron chi connectivity index (χ1n) is 5.43. The molecule has 0 aliphatic heterocycles. The number of halogens is 2. The van der Waals surface area contributed by atoms with Gasteiger partial charge in [-0.05, 0) is 35.9 Å². The molecule has 0 saturated carbocycles. The monoisotopic (exact) mass is 289 g/mol. The van der Waals surface area contributed by atoms with Crippen LogP contribution >= 0.6 is 23.2 Å². The number of nitrogens with zero attached hydrogens (tertiary/aromatic N) is 2. The molecule has 3 nitrogen and oxygen atoms in total. The van der Waals surface area contributed by atoms with Crippen molar-refractivity contribution in [1.82, 2.24) is 0 Å². The molecule has 0 amide bonds. The molecule has 94 valence electrons. The van der Waals surface area contributed by atoms with Crippen LogP contribution in [0.3, 0.4) is 0 Å². The molecule has 0 heterocycles. The predicted molar refractivity (Wildman–Crippen MR) is 78.8 cm³/mol. The zero-order chi connectivity index (χ0) is 13.7. The number of hydrogen-bond acceptors (Lipinski definition) is 3. The Morgan fingerprint density at radius 1 is 1.05 bits per heavy atom. The molecular weight excluding hydrogens is 281 g/mol. The van der Waals surface area contributed by atoms with Gasteiger partial charge in [-0.15, -0.1) is 0 Å². The van der Waals surface area contributed by atoms with E-state index in [2.05, 4.69) is 16.6 Å². The third-order valence-corrected chi connectivity index (χ3v) is 3.11. The topological polar surface area (TPSA) is 48.2 Å². The number of rotatable bonds is 3. The third kappa shape index (κ3) is 3.72. The summed E-state index contributed by atoms with van der Waals surface area (Å²) in [5, 5.41) is 13.7. The van der Waals surface area contributed by atoms with Crippen molar-refractivity contribution in [3.63, 3.8) is 0 Å². The van der Waals surface area contributed by atoms with Gasteiger partial charge in [-0.3, -0.25) is 5.43 Å². The lowest BCUT2D eigenvalue weighted by Gasteiger charge is -2.01. The van der Waals surface area contributed by atoms with Gasteiger partial charge < -0.3 is 0 Å². The maximum absolute atomic E-state index is 8.68. The van der Waals surface area contributed by atoms with E-state index in [0.717, 1.165) is 11.3 Å². The minimum atomic E-state index is 0.472. The van der Waals surface area contributed by atoms with Crippen molar-refractivity contribution in [3.05, 3.63) is 63.6 Å². The first kappa shape index (κ1) is 13.4. The molecule has 0 atom stereocenters. The van der Waals surface area contributed by atoms with Crippen molar-refractivity contribution in [1.29, 1.82) is 5.26 Å². The van der Waals surface area contributed by atoms with Crippen LogP contribution in [0.15, 0.2) is 47.6 Å². The Morgan fingerprint density at radius 2 is 1.79 bits per heavy atom. The third-order valence-electron chi connectivity index (χ3n) is 2.37. The van der Waals surface area contributed by atoms with Gasteiger partial charge in [-0.2, -0.15) is 10.4 Å². The molecule has 0 saturated heterocycles. The fourth-order valence-corrected chi connectivity index (χ4v) is 1.69. The summed E-state index contributed by atoms with van der Waals surface area (Å²) < 4.78 is 0. The summed E-state index contributed by atoms with van der Waals surface area (Å²) in [6.07, 6.45) is 1.66. The number of nitrogens with one attached hydrogen (secondary N) is 1. The molecule has 0 radical (unpaired) electrons. The molecule has 2 aromatic rings. The fraction of sp³-hybridized carbons (Fsp3) is 0. The van der Waals surface area contributed by atoms with E-state index in [1.165, 1.54) is 0 Å². The molecule has 2 aromatic carbocycles. The average molecular weight is 290 g/mol. The molecule has 0 aliphatic carbocycles. The predicted octanol–water partition coefficient (Wildman–Crippen LogP) is 4.31. The summed E-state index contributed by atoms with van der Waals surface area (Å²) in [4.78, 5) is 0. The van der Waals surface area contributed by atoms with E-state index in [-0.39, 0.29) is 0 Å². The summed E-state index contributed by atoms with van der Waals surface area (Å²) >= 11 is 11.7. The van der Waals surface area contributed by atoms with Gasteiger partial charge in [0.1, 0.15) is 0 Å². The Hall–Kier alpha value is -2.02. The van der Waals surface area contributed by atoms with Gasteiger partial charge in [0, 0.05) is 0 Å². The maximum atomic E-state index is 8.68. The Kier molecular flexibility index (Phi) is 4.40. The Labute approximate surface area is 121 Å². The summed E-state index contributed by atoms with van der Waals surface area (Å²) in [5.41, 5.74) is 5.12. The lowest BCUT2D eigenvalue weighted by atomic mass is 10.2. The van der Waals surface area contributed by atoms with Crippen molar-refractivity contribution in [2.24, 2.45) is 5.10 Å². The van der Waals surface area contributed by atoms with Crippen LogP contribution in [0.5, 0.6) is 0 Å². The first-order valence-corrected chi connectivity index (χ1v) is 6.19. The lowest BCUT2D eigenvalue weighted by molar-refractivity contribution is 1.35. The van der Waals surface area contributed by atoms with E-state index in [1.807, 2.05) is 12.1 Å². The number of hydrogen-bond donors (Lipinski definition) is 1. The molecule has 19 heavy (non-hydrogen) atoms. The molecule has 2 rings (SSSR count). The van der Waals surface area contributed by atoms with Gasteiger partial charge in [0.05, 0.1) is 33.6 Å². The smallest absolute Gasteiger partial charge is 0.0991 e. The first-order chi connectivity index (χ1) is 9.19. The Balaban J connectivity index is 2.02. The van der Waals surface area contributed by atoms with Gasteiger partial charge in [0.15, 0.2) is 0 Å². The van der Waals surface area contributed by atoms with Crippen molar-refractivity contribution in [2.75, 3.05) is 5.43 Å². The fourth-order valence-electron chi connectivity index (χ4n) is 1.39. The minimum Gasteiger partial charge on any atom is -0.278 e. The second-order valence-corrected chi connectivity index (χ2v) is 4.55. The number of anilines is 1. The Morgan fingerprint density at radius 3 is 2.42 bits per heavy atom. The van der Waals surface area contributed by atoms with E-state index < -0.39 is 0 Å². The molecule has 0 bridgehead atoms. The SMILES string of the molecule is N#Cc1ccc(/C=N/Nc2ccc(Cl)c(Cl)c2)cc1. The van der Waals surface area contributed by atoms with Crippen LogP contribution in [0, 0.1) is 11.3 Å². The van der Waals surface area contributed by atoms with Gasteiger partial charge in [0.25, 0.3) is 0 Å². The van der Waals surface area contributed by atoms with E-state index in [4.69, 9.17) is 28.5 Å². The minimum absolute atomic E-state index is 0.472. The van der Waals surface area contributed by atoms with Crippen molar-refractivity contribution < 1.29 is 0 Å². The number of nitriles is 1. The van der Waals surface area contributed by atoms with Crippen LogP contribution in [-0.4, -0.2) is 6.21 Å². The number of benzene rings is 2. The zero-order valence-electron chi connectivity index (χ0n) is 9.77. The summed E-state index contributed by atoms with van der Waals surface area (Å²) in [7, 11) is 0. The van der Waals surface area contributed by atoms with Crippen LogP contribution in [0.1, 0.15) is 11.1 Å². The number of hydrazone groups is 1. The maximum Gasteiger partial charge on any atom is 0.0991 e. The molecule has 5 heteroatoms. The quantitative estimate of drug-likeness (QED) is 0.676. The van der Waals surface area contributed by atoms with E-state index in [0.29, 0.717) is 15.6 Å². The highest BCUT2D eigenvalue weighted by atomic mass is 35.5. The molecule has 0 unspecified atom stereocenters. The molecule has 0 fully saturated rings. The highest BCUT2D eigenvalue weighted by Crippen LogP contribution is 2.24. The normalized spacial score (nSPS) is 10.4. The average Bonchev–Trinajstić information content (AvgIpc) is 2.43. The summed E-state index contributed by atoms with van der Waals surface area (Å²) in [6, 6.07) is 14.3. The van der Waals surface area contributed by atoms with Crippen LogP contribution in [0.2, 0.25) is 10.0 Å². The molecule has 1 N–H and O–H groups in total. The largest absolute Gasteiger partial charge is 0.278 e. The van der Waals surface area contributed by atoms with Crippen molar-refractivity contribution >= 4 is 35.1 Å². The second kappa shape index (κ2) is 6.24. The molecule has 0 aliphatic rings. The lowest BCUT2D eigenvalue weighted by Crippen LogP contribution is -1.90. The van der Waals surface area contributed by atoms with Crippen LogP contribution in [0.4, 0.5) is 5.69 Å². The van der Waals surface area contributed by atoms with E-state index >= 15 is 0 Å². The van der Waals surface area contributed by atoms with Gasteiger partial charge in [-0.1, -0.05) is 35.3 Å². The standard InChI is InChI=1S/C14H9Cl2N3/c15-13-6-5-12(7-14(13)16)19-18-9-11-3-1-10(8-17)2-4-11/h1-7,9,19H/b18-9+. The van der Waals surface area contributed by atoms with E-state index in [9.17, 15) is 0 Å². The van der Waals surface area contributed by atoms with Gasteiger partial charge in [0.2, 0.25) is 0 Å². The zero-order valence-corrected chi connectivity index (χ0v) is 11.3. The van der Waals surface area contributed by atoms with Gasteiger partial charge >= 0.3 is 0 Å². The van der Waals surface area contributed by atoms with Crippen molar-refractivity contribution in [3.8, 4) is 6.07 Å². The van der Waals surface area contributed by atoms with Crippen LogP contribution < -0.4 is 5.43 Å². The highest BCUT2D eigenvalue weighted by Gasteiger charge is 1.97. The summed E-state index contributed by atoms with van der Waals surface area (Å²) in [6.45, 7) is 0. The van der Waals surface area contributed by atoms with Gasteiger partial charge in [-0.25, -0.2) is 0 Å². The Bertz CT molecular complexity index is 643. The summed E-state index contributed by atoms with van der Waals surface area (Å²) in [5.74, 6) is 0. The highest BCUT2D eigenvalue weighted by molar-refractivity contribution is 6.42. The van der Waals surface area contributed by atoms with Crippen LogP contribution in [0.25, 0.3) is 0 Å². The molecule has 0 spiro atoms. The van der Waals surface area contributed by atoms with Crippen LogP contribution in [-0.2, 0) is 0 Å².